The number of carboxylic acid groups (broad SMARTS) is 1. The van der Waals surface area contributed by atoms with Crippen molar-refractivity contribution in [2.45, 2.75) is 208 Å². The van der Waals surface area contributed by atoms with Gasteiger partial charge < -0.3 is 156 Å². The molecule has 0 aliphatic carbocycles. The summed E-state index contributed by atoms with van der Waals surface area (Å²) in [6.07, 6.45) is 2.12. The van der Waals surface area contributed by atoms with Crippen LogP contribution in [0, 0.1) is 0 Å². The Kier molecular flexibility index (Phi) is 50.3. The first-order chi connectivity index (χ1) is 49.8. The maximum absolute atomic E-state index is 14.8. The molecular formula is C60H122N34O11. The average molecular weight is 1500 g/mol. The number of carbonyl (C=O) groups is 10. The van der Waals surface area contributed by atoms with E-state index >= 15 is 0 Å². The van der Waals surface area contributed by atoms with Crippen molar-refractivity contribution >= 4 is 101 Å². The molecule has 10 atom stereocenters. The second kappa shape index (κ2) is 56.0. The van der Waals surface area contributed by atoms with Gasteiger partial charge in [0.05, 0.1) is 6.04 Å². The fraction of sp³-hybridized carbons (Fsp3) is 0.717. The SMILES string of the molecule is NCCCC[C@H](NC(=O)[C@H](CCCN=C(N)N)NC(=O)[C@H](CCCN=C(N)N)NC(=O)[C@H](CCCCN)NC(=O)[C@H](CCCN=C(N)N)NC(=O)[C@H](CCCN=C(N)N)NC(=O)[C@H](CCCCN)NC(=O)[C@@H](N)CCCN=C(N)N)C(=O)N[C@@H](CCCN=C(N)N)C(=O)N[C@@H](CCCN=C(N)N)C(=O)O. The molecule has 0 saturated heterocycles. The molecule has 0 spiro atoms. The van der Waals surface area contributed by atoms with Gasteiger partial charge >= 0.3 is 5.97 Å². The summed E-state index contributed by atoms with van der Waals surface area (Å²) in [4.78, 5) is 170. The minimum atomic E-state index is -1.52. The first kappa shape index (κ1) is 94.4. The van der Waals surface area contributed by atoms with Crippen LogP contribution >= 0.6 is 0 Å². The lowest BCUT2D eigenvalue weighted by atomic mass is 10.0. The number of rotatable bonds is 59. The van der Waals surface area contributed by atoms with Gasteiger partial charge in [-0.1, -0.05) is 0 Å². The van der Waals surface area contributed by atoms with Crippen LogP contribution in [-0.2, 0) is 47.9 Å². The van der Waals surface area contributed by atoms with Crippen LogP contribution in [0.25, 0.3) is 0 Å². The number of hydrogen-bond acceptors (Lipinski definition) is 21. The van der Waals surface area contributed by atoms with Crippen LogP contribution in [0.2, 0.25) is 0 Å². The van der Waals surface area contributed by atoms with E-state index in [1.165, 1.54) is 0 Å². The lowest BCUT2D eigenvalue weighted by molar-refractivity contribution is -0.142. The van der Waals surface area contributed by atoms with Gasteiger partial charge in [-0.05, 0) is 167 Å². The number of carboxylic acids is 1. The number of nitrogens with one attached hydrogen (secondary N) is 9. The van der Waals surface area contributed by atoms with E-state index in [2.05, 4.69) is 82.8 Å². The number of guanidine groups is 7. The number of amides is 9. The summed E-state index contributed by atoms with van der Waals surface area (Å²) in [7, 11) is 0. The molecule has 45 nitrogen and oxygen atoms in total. The molecule has 0 rings (SSSR count). The molecule has 45 heteroatoms. The van der Waals surface area contributed by atoms with Crippen LogP contribution in [0.4, 0.5) is 0 Å². The van der Waals surface area contributed by atoms with Crippen LogP contribution in [0.1, 0.15) is 148 Å². The van der Waals surface area contributed by atoms with Gasteiger partial charge in [0.2, 0.25) is 53.2 Å². The van der Waals surface area contributed by atoms with E-state index < -0.39 is 120 Å². The van der Waals surface area contributed by atoms with Crippen molar-refractivity contribution in [3.63, 3.8) is 0 Å². The van der Waals surface area contributed by atoms with E-state index in [-0.39, 0.29) is 223 Å². The minimum Gasteiger partial charge on any atom is -0.480 e. The van der Waals surface area contributed by atoms with Gasteiger partial charge in [-0.3, -0.25) is 78.1 Å². The van der Waals surface area contributed by atoms with Crippen LogP contribution in [-0.4, -0.2) is 232 Å². The Morgan fingerprint density at radius 1 is 0.229 bits per heavy atom. The first-order valence-electron chi connectivity index (χ1n) is 35.0. The molecule has 0 heterocycles. The molecule has 46 N–H and O–H groups in total. The summed E-state index contributed by atoms with van der Waals surface area (Å²) in [6.45, 7) is 0.734. The Balaban J connectivity index is 7.69. The molecule has 0 saturated carbocycles. The van der Waals surface area contributed by atoms with Crippen molar-refractivity contribution in [3.05, 3.63) is 0 Å². The largest absolute Gasteiger partial charge is 0.480 e. The van der Waals surface area contributed by atoms with Crippen molar-refractivity contribution in [3.8, 4) is 0 Å². The smallest absolute Gasteiger partial charge is 0.326 e. The minimum absolute atomic E-state index is 0.00521. The number of aliphatic carboxylic acids is 1. The molecule has 0 fully saturated rings. The van der Waals surface area contributed by atoms with Gasteiger partial charge in [-0.15, -0.1) is 0 Å². The number of nitrogens with two attached hydrogens (primary N) is 18. The van der Waals surface area contributed by atoms with Crippen molar-refractivity contribution < 1.29 is 53.1 Å². The van der Waals surface area contributed by atoms with Crippen molar-refractivity contribution in [2.24, 2.45) is 138 Å². The standard InChI is InChI=1S/C60H122N34O11/c61-24-4-1-15-35(86-44(95)34(64)14-7-27-79-54(65)66)45(96)89-40(20-10-30-82-57(71)72)50(101)91-38(18-8-28-80-55(67)68)48(99)87-36(16-2-5-25-62)46(97)90-41(21-11-31-83-58(73)74)51(102)92-39(19-9-29-81-56(69)70)49(100)88-37(17-3-6-26-63)47(98)93-42(22-12-32-84-59(75)76)52(103)94-43(53(104)105)23-13-33-85-60(77)78/h34-43H,1-33,61-64H2,(H,86,95)(H,87,99)(H,88,100)(H,89,96)(H,90,97)(H,91,101)(H,92,102)(H,93,98)(H,94,103)(H,104,105)(H4,65,66,79)(H4,67,68,80)(H4,69,70,81)(H4,71,72,82)(H4,73,74,83)(H4,75,76,84)(H4,77,78,85)/t34-,35-,36-,37-,38-,39-,40-,41-,42-,43-/m0/s1. The predicted octanol–water partition coefficient (Wildman–Crippen LogP) is -11.5. The highest BCUT2D eigenvalue weighted by Crippen LogP contribution is 2.13. The monoisotopic (exact) mass is 1500 g/mol. The maximum Gasteiger partial charge on any atom is 0.326 e. The predicted molar refractivity (Wildman–Crippen MR) is 401 cm³/mol. The summed E-state index contributed by atoms with van der Waals surface area (Å²) in [5, 5.41) is 33.9. The molecule has 598 valence electrons. The number of unbranched alkanes of at least 4 members (excludes halogenated alkanes) is 3. The van der Waals surface area contributed by atoms with Crippen LogP contribution < -0.4 is 151 Å². The topological polar surface area (TPSA) is 854 Å². The maximum atomic E-state index is 14.8. The van der Waals surface area contributed by atoms with Crippen LogP contribution in [0.15, 0.2) is 34.9 Å². The Morgan fingerprint density at radius 2 is 0.381 bits per heavy atom. The Labute approximate surface area is 611 Å². The zero-order chi connectivity index (χ0) is 79.2. The highest BCUT2D eigenvalue weighted by Gasteiger charge is 2.36. The fourth-order valence-electron chi connectivity index (χ4n) is 10.0. The van der Waals surface area contributed by atoms with Gasteiger partial charge in [0, 0.05) is 45.8 Å². The number of aliphatic imine (C=N–C) groups is 7. The lowest BCUT2D eigenvalue weighted by Gasteiger charge is -2.28. The normalized spacial score (nSPS) is 13.6. The molecular weight excluding hydrogens is 1370 g/mol. The summed E-state index contributed by atoms with van der Waals surface area (Å²) in [5.41, 5.74) is 101. The van der Waals surface area contributed by atoms with E-state index in [1.54, 1.807) is 0 Å². The third-order valence-electron chi connectivity index (χ3n) is 15.5. The molecule has 0 unspecified atom stereocenters. The van der Waals surface area contributed by atoms with E-state index in [1.807, 2.05) is 0 Å². The summed E-state index contributed by atoms with van der Waals surface area (Å²) in [6, 6.07) is -14.0. The second-order valence-electron chi connectivity index (χ2n) is 24.5. The fourth-order valence-corrected chi connectivity index (χ4v) is 10.0. The van der Waals surface area contributed by atoms with Gasteiger partial charge in [0.1, 0.15) is 54.4 Å². The molecule has 0 aliphatic heterocycles. The highest BCUT2D eigenvalue weighted by molar-refractivity contribution is 5.99. The van der Waals surface area contributed by atoms with Gasteiger partial charge in [0.25, 0.3) is 0 Å². The third kappa shape index (κ3) is 46.6. The summed E-state index contributed by atoms with van der Waals surface area (Å²) in [5.74, 6) is -11.0. The summed E-state index contributed by atoms with van der Waals surface area (Å²) >= 11 is 0. The Hall–Kier alpha value is -10.6. The molecule has 0 radical (unpaired) electrons. The van der Waals surface area contributed by atoms with Crippen LogP contribution in [0.3, 0.4) is 0 Å². The molecule has 0 bridgehead atoms. The third-order valence-corrected chi connectivity index (χ3v) is 15.5. The zero-order valence-electron chi connectivity index (χ0n) is 60.2. The molecule has 0 aromatic carbocycles. The van der Waals surface area contributed by atoms with Crippen molar-refractivity contribution in [2.75, 3.05) is 65.4 Å². The Bertz CT molecular complexity index is 2870. The average Bonchev–Trinajstić information content (AvgIpc) is 0.864. The Morgan fingerprint density at radius 3 is 0.552 bits per heavy atom. The van der Waals surface area contributed by atoms with Crippen molar-refractivity contribution in [1.82, 2.24) is 47.9 Å². The second-order valence-corrected chi connectivity index (χ2v) is 24.5. The number of nitrogens with zero attached hydrogens (tertiary/aromatic N) is 7. The molecule has 9 amide bonds. The van der Waals surface area contributed by atoms with E-state index in [0.29, 0.717) is 32.1 Å². The highest BCUT2D eigenvalue weighted by atomic mass is 16.4. The molecule has 105 heavy (non-hydrogen) atoms. The molecule has 0 aliphatic rings. The van der Waals surface area contributed by atoms with E-state index in [4.69, 9.17) is 103 Å². The quantitative estimate of drug-likeness (QED) is 0.0153. The van der Waals surface area contributed by atoms with E-state index in [9.17, 15) is 53.1 Å². The summed E-state index contributed by atoms with van der Waals surface area (Å²) < 4.78 is 0. The molecule has 0 aromatic heterocycles. The molecule has 0 aromatic rings. The van der Waals surface area contributed by atoms with Gasteiger partial charge in [0.15, 0.2) is 41.7 Å². The zero-order valence-corrected chi connectivity index (χ0v) is 60.2. The van der Waals surface area contributed by atoms with Gasteiger partial charge in [-0.2, -0.15) is 0 Å². The number of hydrogen-bond donors (Lipinski definition) is 28. The van der Waals surface area contributed by atoms with E-state index in [0.717, 1.165) is 0 Å². The van der Waals surface area contributed by atoms with Gasteiger partial charge in [-0.25, -0.2) is 4.79 Å². The van der Waals surface area contributed by atoms with Crippen LogP contribution in [0.5, 0.6) is 0 Å². The first-order valence-corrected chi connectivity index (χ1v) is 35.0. The number of carbonyl (C=O) groups excluding carboxylic acids is 9. The van der Waals surface area contributed by atoms with Crippen molar-refractivity contribution in [1.29, 1.82) is 0 Å². The lowest BCUT2D eigenvalue weighted by Crippen LogP contribution is -2.60.